The maximum absolute atomic E-state index is 12.7. The van der Waals surface area contributed by atoms with Gasteiger partial charge in [0.25, 0.3) is 0 Å². The van der Waals surface area contributed by atoms with Gasteiger partial charge >= 0.3 is 6.18 Å². The summed E-state index contributed by atoms with van der Waals surface area (Å²) in [6.45, 7) is 5.74. The standard InChI is InChI=1S/C17H24F3N3O.2ClH/c1-3-23(4-2)14(11-22-15(24)16(21)9-10-16)12-5-7-13(8-6-12)17(18,19)20;;/h5-8,14H,3-4,9-11,21H2,1-2H3,(H,22,24);2*1H. The summed E-state index contributed by atoms with van der Waals surface area (Å²) in [5, 5.41) is 2.85. The number of benzene rings is 1. The summed E-state index contributed by atoms with van der Waals surface area (Å²) in [6, 6.07) is 4.94. The van der Waals surface area contributed by atoms with Crippen molar-refractivity contribution >= 4 is 30.7 Å². The van der Waals surface area contributed by atoms with Gasteiger partial charge < -0.3 is 11.1 Å². The lowest BCUT2D eigenvalue weighted by molar-refractivity contribution is -0.137. The molecule has 1 aliphatic rings. The van der Waals surface area contributed by atoms with E-state index < -0.39 is 17.3 Å². The summed E-state index contributed by atoms with van der Waals surface area (Å²) in [6.07, 6.45) is -3.00. The summed E-state index contributed by atoms with van der Waals surface area (Å²) >= 11 is 0. The number of rotatable bonds is 7. The summed E-state index contributed by atoms with van der Waals surface area (Å²) in [5.41, 5.74) is 5.19. The second-order valence-electron chi connectivity index (χ2n) is 6.22. The van der Waals surface area contributed by atoms with Crippen molar-refractivity contribution in [2.75, 3.05) is 19.6 Å². The predicted octanol–water partition coefficient (Wildman–Crippen LogP) is 3.54. The van der Waals surface area contributed by atoms with Gasteiger partial charge in [-0.3, -0.25) is 9.69 Å². The molecule has 4 nitrogen and oxygen atoms in total. The maximum atomic E-state index is 12.7. The molecule has 1 unspecified atom stereocenters. The first kappa shape index (κ1) is 25.0. The number of carbonyl (C=O) groups is 1. The largest absolute Gasteiger partial charge is 0.416 e. The molecule has 2 rings (SSSR count). The van der Waals surface area contributed by atoms with Crippen molar-refractivity contribution in [1.29, 1.82) is 0 Å². The van der Waals surface area contributed by atoms with Gasteiger partial charge in [-0.05, 0) is 43.6 Å². The molecule has 0 heterocycles. The minimum atomic E-state index is -4.35. The Morgan fingerprint density at radius 1 is 1.19 bits per heavy atom. The van der Waals surface area contributed by atoms with E-state index in [-0.39, 0.29) is 36.8 Å². The molecule has 0 spiro atoms. The molecule has 3 N–H and O–H groups in total. The van der Waals surface area contributed by atoms with E-state index >= 15 is 0 Å². The van der Waals surface area contributed by atoms with Crippen LogP contribution in [0.4, 0.5) is 13.2 Å². The Labute approximate surface area is 164 Å². The van der Waals surface area contributed by atoms with Gasteiger partial charge in [-0.15, -0.1) is 24.8 Å². The number of nitrogens with two attached hydrogens (primary N) is 1. The summed E-state index contributed by atoms with van der Waals surface area (Å²) in [7, 11) is 0. The quantitative estimate of drug-likeness (QED) is 0.715. The molecular formula is C17H26Cl2F3N3O. The monoisotopic (exact) mass is 415 g/mol. The third-order valence-corrected chi connectivity index (χ3v) is 4.57. The Kier molecular flexibility index (Phi) is 9.40. The van der Waals surface area contributed by atoms with Crippen LogP contribution in [0, 0.1) is 0 Å². The smallest absolute Gasteiger partial charge is 0.353 e. The molecule has 0 saturated heterocycles. The average molecular weight is 416 g/mol. The van der Waals surface area contributed by atoms with Gasteiger partial charge in [0, 0.05) is 6.54 Å². The van der Waals surface area contributed by atoms with E-state index in [1.54, 1.807) is 0 Å². The molecule has 9 heteroatoms. The number of alkyl halides is 3. The van der Waals surface area contributed by atoms with Crippen LogP contribution in [0.5, 0.6) is 0 Å². The molecule has 1 fully saturated rings. The van der Waals surface area contributed by atoms with Crippen molar-refractivity contribution in [1.82, 2.24) is 10.2 Å². The lowest BCUT2D eigenvalue weighted by atomic mass is 10.0. The van der Waals surface area contributed by atoms with Gasteiger partial charge in [0.05, 0.1) is 17.1 Å². The first-order valence-electron chi connectivity index (χ1n) is 8.19. The number of nitrogens with zero attached hydrogens (tertiary/aromatic N) is 1. The van der Waals surface area contributed by atoms with E-state index in [0.29, 0.717) is 19.4 Å². The SMILES string of the molecule is CCN(CC)C(CNC(=O)C1(N)CC1)c1ccc(C(F)(F)F)cc1.Cl.Cl. The van der Waals surface area contributed by atoms with Crippen LogP contribution < -0.4 is 11.1 Å². The van der Waals surface area contributed by atoms with E-state index in [1.807, 2.05) is 13.8 Å². The number of amides is 1. The van der Waals surface area contributed by atoms with Crippen molar-refractivity contribution in [3.63, 3.8) is 0 Å². The van der Waals surface area contributed by atoms with Crippen LogP contribution in [-0.2, 0) is 11.0 Å². The van der Waals surface area contributed by atoms with Crippen LogP contribution in [0.1, 0.15) is 43.9 Å². The molecule has 150 valence electrons. The minimum Gasteiger partial charge on any atom is -0.353 e. The summed E-state index contributed by atoms with van der Waals surface area (Å²) in [4.78, 5) is 14.1. The van der Waals surface area contributed by atoms with Crippen LogP contribution in [0.15, 0.2) is 24.3 Å². The fourth-order valence-corrected chi connectivity index (χ4v) is 2.74. The number of likely N-dealkylation sites (N-methyl/N-ethyl adjacent to an activating group) is 1. The van der Waals surface area contributed by atoms with Gasteiger partial charge in [0.1, 0.15) is 0 Å². The van der Waals surface area contributed by atoms with E-state index in [0.717, 1.165) is 30.8 Å². The second kappa shape index (κ2) is 9.78. The predicted molar refractivity (Wildman–Crippen MR) is 101 cm³/mol. The van der Waals surface area contributed by atoms with E-state index in [4.69, 9.17) is 5.73 Å². The fourth-order valence-electron chi connectivity index (χ4n) is 2.74. The summed E-state index contributed by atoms with van der Waals surface area (Å²) < 4.78 is 38.2. The first-order chi connectivity index (χ1) is 11.2. The molecular weight excluding hydrogens is 390 g/mol. The first-order valence-corrected chi connectivity index (χ1v) is 8.19. The molecule has 0 aromatic heterocycles. The van der Waals surface area contributed by atoms with Crippen LogP contribution >= 0.6 is 24.8 Å². The van der Waals surface area contributed by atoms with Crippen molar-refractivity contribution in [2.45, 2.75) is 44.4 Å². The van der Waals surface area contributed by atoms with Gasteiger partial charge in [-0.2, -0.15) is 13.2 Å². The van der Waals surface area contributed by atoms with Crippen LogP contribution in [-0.4, -0.2) is 36.0 Å². The maximum Gasteiger partial charge on any atom is 0.416 e. The van der Waals surface area contributed by atoms with E-state index in [1.165, 1.54) is 12.1 Å². The molecule has 1 atom stereocenters. The molecule has 1 aromatic carbocycles. The Hall–Kier alpha value is -1.02. The molecule has 1 amide bonds. The Morgan fingerprint density at radius 2 is 1.69 bits per heavy atom. The van der Waals surface area contributed by atoms with Gasteiger partial charge in [0.2, 0.25) is 5.91 Å². The highest BCUT2D eigenvalue weighted by Gasteiger charge is 2.46. The number of nitrogens with one attached hydrogen (secondary N) is 1. The van der Waals surface area contributed by atoms with E-state index in [2.05, 4.69) is 10.2 Å². The zero-order valence-corrected chi connectivity index (χ0v) is 16.4. The fraction of sp³-hybridized carbons (Fsp3) is 0.588. The van der Waals surface area contributed by atoms with Gasteiger partial charge in [-0.25, -0.2) is 0 Å². The lowest BCUT2D eigenvalue weighted by Gasteiger charge is -2.31. The Morgan fingerprint density at radius 3 is 2.08 bits per heavy atom. The Balaban J connectivity index is 0.00000312. The molecule has 0 bridgehead atoms. The van der Waals surface area contributed by atoms with Gasteiger partial charge in [-0.1, -0.05) is 26.0 Å². The zero-order chi connectivity index (χ0) is 18.0. The minimum absolute atomic E-state index is 0. The highest BCUT2D eigenvalue weighted by molar-refractivity contribution is 5.89. The van der Waals surface area contributed by atoms with Crippen LogP contribution in [0.25, 0.3) is 0 Å². The lowest BCUT2D eigenvalue weighted by Crippen LogP contribution is -2.46. The molecule has 26 heavy (non-hydrogen) atoms. The number of hydrogen-bond donors (Lipinski definition) is 2. The van der Waals surface area contributed by atoms with Crippen molar-refractivity contribution in [3.05, 3.63) is 35.4 Å². The van der Waals surface area contributed by atoms with E-state index in [9.17, 15) is 18.0 Å². The Bertz CT molecular complexity index is 574. The highest BCUT2D eigenvalue weighted by atomic mass is 35.5. The number of carbonyl (C=O) groups excluding carboxylic acids is 1. The third kappa shape index (κ3) is 6.01. The zero-order valence-electron chi connectivity index (χ0n) is 14.8. The summed E-state index contributed by atoms with van der Waals surface area (Å²) in [5.74, 6) is -0.188. The number of hydrogen-bond acceptors (Lipinski definition) is 3. The third-order valence-electron chi connectivity index (χ3n) is 4.57. The molecule has 1 aliphatic carbocycles. The molecule has 0 aliphatic heterocycles. The van der Waals surface area contributed by atoms with Crippen LogP contribution in [0.2, 0.25) is 0 Å². The topological polar surface area (TPSA) is 58.4 Å². The van der Waals surface area contributed by atoms with Crippen molar-refractivity contribution < 1.29 is 18.0 Å². The molecule has 0 radical (unpaired) electrons. The highest BCUT2D eigenvalue weighted by Crippen LogP contribution is 2.33. The molecule has 1 aromatic rings. The average Bonchev–Trinajstić information content (AvgIpc) is 3.29. The van der Waals surface area contributed by atoms with Crippen molar-refractivity contribution in [2.24, 2.45) is 5.73 Å². The van der Waals surface area contributed by atoms with Gasteiger partial charge in [0.15, 0.2) is 0 Å². The van der Waals surface area contributed by atoms with Crippen molar-refractivity contribution in [3.8, 4) is 0 Å². The normalized spacial score (nSPS) is 16.3. The number of halogens is 5. The molecule has 1 saturated carbocycles. The second-order valence-corrected chi connectivity index (χ2v) is 6.22. The van der Waals surface area contributed by atoms with Crippen LogP contribution in [0.3, 0.4) is 0 Å².